The summed E-state index contributed by atoms with van der Waals surface area (Å²) >= 11 is 0. The lowest BCUT2D eigenvalue weighted by molar-refractivity contribution is -0.138. The van der Waals surface area contributed by atoms with E-state index >= 15 is 0 Å². The van der Waals surface area contributed by atoms with E-state index in [0.29, 0.717) is 29.6 Å². The highest BCUT2D eigenvalue weighted by Crippen LogP contribution is 2.43. The van der Waals surface area contributed by atoms with Gasteiger partial charge in [-0.25, -0.2) is 4.79 Å². The summed E-state index contributed by atoms with van der Waals surface area (Å²) < 4.78 is 49.5. The number of esters is 1. The quantitative estimate of drug-likeness (QED) is 0.385. The van der Waals surface area contributed by atoms with Crippen molar-refractivity contribution in [1.82, 2.24) is 9.80 Å². The zero-order valence-corrected chi connectivity index (χ0v) is 20.3. The minimum Gasteiger partial charge on any atom is -0.466 e. The van der Waals surface area contributed by atoms with Gasteiger partial charge in [-0.05, 0) is 56.1 Å². The number of alkyl halides is 3. The Morgan fingerprint density at radius 2 is 1.79 bits per heavy atom. The first-order valence-corrected chi connectivity index (χ1v) is 10.9. The molecule has 2 heterocycles. The average molecular weight is 503 g/mol. The largest absolute Gasteiger partial charge is 0.466 e. The number of allylic oxidation sites excluding steroid dienone is 1. The van der Waals surface area contributed by atoms with Gasteiger partial charge in [0.05, 0.1) is 18.2 Å². The number of halogens is 4. The predicted molar refractivity (Wildman–Crippen MR) is 123 cm³/mol. The SMILES string of the molecule is COC(=O)C1=C(CCN2CCCC2)N(C)C(C)=C(COC=O)C1c1ccc(C(F)(F)F)cc1.Cl. The van der Waals surface area contributed by atoms with E-state index in [2.05, 4.69) is 4.90 Å². The number of carbonyl (C=O) groups excluding carboxylic acids is 2. The molecule has 1 aromatic rings. The predicted octanol–water partition coefficient (Wildman–Crippen LogP) is 4.52. The molecule has 0 bridgehead atoms. The molecule has 0 saturated carbocycles. The first-order chi connectivity index (χ1) is 15.7. The van der Waals surface area contributed by atoms with Crippen molar-refractivity contribution < 1.29 is 32.2 Å². The molecule has 0 amide bonds. The molecule has 1 atom stereocenters. The Kier molecular flexibility index (Phi) is 9.58. The summed E-state index contributed by atoms with van der Waals surface area (Å²) in [5.74, 6) is -1.25. The summed E-state index contributed by atoms with van der Waals surface area (Å²) in [4.78, 5) is 28.2. The summed E-state index contributed by atoms with van der Waals surface area (Å²) in [6.45, 7) is 4.83. The highest BCUT2D eigenvalue weighted by atomic mass is 35.5. The van der Waals surface area contributed by atoms with Gasteiger partial charge in [-0.1, -0.05) is 12.1 Å². The van der Waals surface area contributed by atoms with E-state index in [1.807, 2.05) is 18.9 Å². The molecule has 3 rings (SSSR count). The van der Waals surface area contributed by atoms with Crippen molar-refractivity contribution in [3.05, 3.63) is 57.9 Å². The van der Waals surface area contributed by atoms with Crippen LogP contribution in [0.5, 0.6) is 0 Å². The Morgan fingerprint density at radius 3 is 2.32 bits per heavy atom. The molecule has 1 fully saturated rings. The zero-order valence-electron chi connectivity index (χ0n) is 19.5. The molecule has 6 nitrogen and oxygen atoms in total. The molecule has 10 heteroatoms. The summed E-state index contributed by atoms with van der Waals surface area (Å²) in [5.41, 5.74) is 2.24. The fourth-order valence-corrected chi connectivity index (χ4v) is 4.61. The number of carbonyl (C=O) groups is 2. The Labute approximate surface area is 203 Å². The highest BCUT2D eigenvalue weighted by molar-refractivity contribution is 5.92. The second-order valence-corrected chi connectivity index (χ2v) is 8.28. The Morgan fingerprint density at radius 1 is 1.18 bits per heavy atom. The van der Waals surface area contributed by atoms with Crippen molar-refractivity contribution in [2.45, 2.75) is 38.3 Å². The maximum atomic E-state index is 13.1. The van der Waals surface area contributed by atoms with Gasteiger partial charge in [-0.15, -0.1) is 12.4 Å². The summed E-state index contributed by atoms with van der Waals surface area (Å²) in [7, 11) is 3.12. The van der Waals surface area contributed by atoms with Crippen molar-refractivity contribution >= 4 is 24.8 Å². The lowest BCUT2D eigenvalue weighted by Crippen LogP contribution is -2.34. The first-order valence-electron chi connectivity index (χ1n) is 10.9. The third-order valence-electron chi connectivity index (χ3n) is 6.47. The van der Waals surface area contributed by atoms with Gasteiger partial charge in [-0.3, -0.25) is 4.79 Å². The molecular formula is C24H30ClF3N2O4. The van der Waals surface area contributed by atoms with Crippen LogP contribution in [-0.4, -0.2) is 62.6 Å². The number of benzene rings is 1. The minimum absolute atomic E-state index is 0. The van der Waals surface area contributed by atoms with Crippen LogP contribution >= 0.6 is 12.4 Å². The van der Waals surface area contributed by atoms with Gasteiger partial charge < -0.3 is 19.3 Å². The van der Waals surface area contributed by atoms with Crippen molar-refractivity contribution in [3.8, 4) is 0 Å². The second kappa shape index (κ2) is 11.8. The van der Waals surface area contributed by atoms with Gasteiger partial charge >= 0.3 is 12.1 Å². The number of ether oxygens (including phenoxy) is 2. The maximum absolute atomic E-state index is 13.1. The number of likely N-dealkylation sites (tertiary alicyclic amines) is 1. The van der Waals surface area contributed by atoms with Crippen LogP contribution in [0.25, 0.3) is 0 Å². The molecular weight excluding hydrogens is 473 g/mol. The molecule has 0 N–H and O–H groups in total. The molecule has 0 spiro atoms. The lowest BCUT2D eigenvalue weighted by Gasteiger charge is -2.38. The van der Waals surface area contributed by atoms with Crippen LogP contribution in [0, 0.1) is 0 Å². The van der Waals surface area contributed by atoms with Crippen LogP contribution in [0.4, 0.5) is 13.2 Å². The van der Waals surface area contributed by atoms with E-state index in [0.717, 1.165) is 56.0 Å². The number of nitrogens with zero attached hydrogens (tertiary/aromatic N) is 2. The van der Waals surface area contributed by atoms with Gasteiger partial charge in [0.2, 0.25) is 0 Å². The molecule has 2 aliphatic rings. The molecule has 0 aliphatic carbocycles. The van der Waals surface area contributed by atoms with Crippen LogP contribution < -0.4 is 0 Å². The van der Waals surface area contributed by atoms with Gasteiger partial charge in [-0.2, -0.15) is 13.2 Å². The standard InChI is InChI=1S/C24H29F3N2O4.ClH/c1-16-19(14-33-15-30)21(17-6-8-18(9-7-17)24(25,26)27)22(23(31)32-3)20(28(16)2)10-13-29-11-4-5-12-29;/h6-9,15,21H,4-5,10-14H2,1-3H3;1H. The Hall–Kier alpha value is -2.52. The normalized spacial score (nSPS) is 19.2. The first kappa shape index (κ1) is 27.7. The van der Waals surface area contributed by atoms with E-state index in [1.165, 1.54) is 19.2 Å². The number of hydrogen-bond donors (Lipinski definition) is 0. The summed E-state index contributed by atoms with van der Waals surface area (Å²) in [6.07, 6.45) is -1.61. The second-order valence-electron chi connectivity index (χ2n) is 8.28. The molecule has 188 valence electrons. The summed E-state index contributed by atoms with van der Waals surface area (Å²) in [6, 6.07) is 4.74. The van der Waals surface area contributed by atoms with Gasteiger partial charge in [0.25, 0.3) is 6.47 Å². The number of methoxy groups -OCH3 is 1. The van der Waals surface area contributed by atoms with Crippen LogP contribution in [0.3, 0.4) is 0 Å². The molecule has 34 heavy (non-hydrogen) atoms. The number of rotatable bonds is 8. The molecule has 0 aromatic heterocycles. The van der Waals surface area contributed by atoms with Crippen LogP contribution in [0.15, 0.2) is 46.8 Å². The maximum Gasteiger partial charge on any atom is 0.416 e. The molecule has 0 radical (unpaired) electrons. The highest BCUT2D eigenvalue weighted by Gasteiger charge is 2.38. The fourth-order valence-electron chi connectivity index (χ4n) is 4.61. The van der Waals surface area contributed by atoms with Crippen molar-refractivity contribution in [2.75, 3.05) is 40.4 Å². The van der Waals surface area contributed by atoms with Crippen LogP contribution in [0.1, 0.15) is 43.2 Å². The van der Waals surface area contributed by atoms with Crippen LogP contribution in [-0.2, 0) is 25.2 Å². The zero-order chi connectivity index (χ0) is 24.2. The van der Waals surface area contributed by atoms with Crippen molar-refractivity contribution in [1.29, 1.82) is 0 Å². The summed E-state index contributed by atoms with van der Waals surface area (Å²) in [5, 5.41) is 0. The molecule has 1 saturated heterocycles. The van der Waals surface area contributed by atoms with Crippen molar-refractivity contribution in [2.24, 2.45) is 0 Å². The average Bonchev–Trinajstić information content (AvgIpc) is 3.31. The van der Waals surface area contributed by atoms with Gasteiger partial charge in [0, 0.05) is 37.3 Å². The molecule has 2 aliphatic heterocycles. The monoisotopic (exact) mass is 502 g/mol. The Bertz CT molecular complexity index is 939. The van der Waals surface area contributed by atoms with Gasteiger partial charge in [0.1, 0.15) is 6.61 Å². The van der Waals surface area contributed by atoms with Crippen molar-refractivity contribution in [3.63, 3.8) is 0 Å². The Balaban J connectivity index is 0.00000408. The topological polar surface area (TPSA) is 59.1 Å². The molecule has 1 aromatic carbocycles. The minimum atomic E-state index is -4.47. The fraction of sp³-hybridized carbons (Fsp3) is 0.500. The van der Waals surface area contributed by atoms with E-state index < -0.39 is 23.6 Å². The van der Waals surface area contributed by atoms with E-state index in [9.17, 15) is 22.8 Å². The van der Waals surface area contributed by atoms with E-state index in [1.54, 1.807) is 0 Å². The van der Waals surface area contributed by atoms with E-state index in [-0.39, 0.29) is 19.0 Å². The third kappa shape index (κ3) is 5.93. The van der Waals surface area contributed by atoms with Crippen LogP contribution in [0.2, 0.25) is 0 Å². The van der Waals surface area contributed by atoms with Gasteiger partial charge in [0.15, 0.2) is 0 Å². The number of hydrogen-bond acceptors (Lipinski definition) is 6. The third-order valence-corrected chi connectivity index (χ3v) is 6.47. The smallest absolute Gasteiger partial charge is 0.416 e. The van der Waals surface area contributed by atoms with E-state index in [4.69, 9.17) is 9.47 Å². The molecule has 1 unspecified atom stereocenters. The lowest BCUT2D eigenvalue weighted by atomic mass is 9.79.